The second-order valence-corrected chi connectivity index (χ2v) is 10.1. The van der Waals surface area contributed by atoms with Crippen molar-refractivity contribution < 1.29 is 19.0 Å². The smallest absolute Gasteiger partial charge is 0.231 e. The van der Waals surface area contributed by atoms with Gasteiger partial charge in [-0.2, -0.15) is 0 Å². The summed E-state index contributed by atoms with van der Waals surface area (Å²) in [5, 5.41) is 6.95. The van der Waals surface area contributed by atoms with Crippen LogP contribution in [0.1, 0.15) is 41.7 Å². The fraction of sp³-hybridized carbons (Fsp3) is 0.233. The Morgan fingerprint density at radius 3 is 2.62 bits per heavy atom. The van der Waals surface area contributed by atoms with E-state index >= 15 is 0 Å². The fourth-order valence-corrected chi connectivity index (χ4v) is 5.94. The highest BCUT2D eigenvalue weighted by Gasteiger charge is 2.42. The van der Waals surface area contributed by atoms with Crippen LogP contribution >= 0.6 is 12.2 Å². The zero-order valence-corrected chi connectivity index (χ0v) is 23.4. The fourth-order valence-electron chi connectivity index (χ4n) is 5.59. The lowest BCUT2D eigenvalue weighted by Crippen LogP contribution is -2.29. The number of amides is 1. The van der Waals surface area contributed by atoms with Crippen LogP contribution in [-0.2, 0) is 4.79 Å². The third-order valence-electron chi connectivity index (χ3n) is 7.27. The summed E-state index contributed by atoms with van der Waals surface area (Å²) in [6.45, 7) is 5.89. The summed E-state index contributed by atoms with van der Waals surface area (Å²) in [7, 11) is 1.58. The lowest BCUT2D eigenvalue weighted by molar-refractivity contribution is -0.114. The van der Waals surface area contributed by atoms with Crippen LogP contribution in [0.3, 0.4) is 0 Å². The van der Waals surface area contributed by atoms with Gasteiger partial charge in [-0.05, 0) is 80.2 Å². The Kier molecular flexibility index (Phi) is 6.55. The second kappa shape index (κ2) is 10.2. The minimum absolute atomic E-state index is 0.187. The molecule has 40 heavy (non-hydrogen) atoms. The SMILES string of the molecule is COc1ccc(N2C(=S)N[C@H](c3ccccn3)[C@@H]2c2cc(C)n(-c3ccc4c(c3)OCO4)c2C)cc1NC(C)=O. The Morgan fingerprint density at radius 1 is 1.07 bits per heavy atom. The van der Waals surface area contributed by atoms with Gasteiger partial charge in [-0.25, -0.2) is 0 Å². The number of aromatic nitrogens is 2. The number of methoxy groups -OCH3 is 1. The van der Waals surface area contributed by atoms with Gasteiger partial charge in [-0.15, -0.1) is 0 Å². The number of rotatable bonds is 6. The maximum Gasteiger partial charge on any atom is 0.231 e. The first-order chi connectivity index (χ1) is 19.4. The van der Waals surface area contributed by atoms with Crippen LogP contribution in [0.5, 0.6) is 17.2 Å². The highest BCUT2D eigenvalue weighted by atomic mass is 32.1. The van der Waals surface area contributed by atoms with Crippen molar-refractivity contribution in [2.75, 3.05) is 24.1 Å². The van der Waals surface area contributed by atoms with E-state index < -0.39 is 0 Å². The number of carbonyl (C=O) groups excluding carboxylic acids is 1. The second-order valence-electron chi connectivity index (χ2n) is 9.76. The van der Waals surface area contributed by atoms with Gasteiger partial charge in [0.25, 0.3) is 0 Å². The highest BCUT2D eigenvalue weighted by molar-refractivity contribution is 7.80. The summed E-state index contributed by atoms with van der Waals surface area (Å²) in [6.07, 6.45) is 1.79. The summed E-state index contributed by atoms with van der Waals surface area (Å²) in [6, 6.07) is 19.3. The molecule has 6 rings (SSSR count). The third kappa shape index (κ3) is 4.40. The molecule has 9 nitrogen and oxygen atoms in total. The number of carbonyl (C=O) groups is 1. The number of hydrogen-bond donors (Lipinski definition) is 2. The van der Waals surface area contributed by atoms with Crippen LogP contribution in [0.2, 0.25) is 0 Å². The monoisotopic (exact) mass is 555 g/mol. The summed E-state index contributed by atoms with van der Waals surface area (Å²) < 4.78 is 18.9. The van der Waals surface area contributed by atoms with Crippen LogP contribution in [0.15, 0.2) is 66.9 Å². The maximum absolute atomic E-state index is 11.9. The highest BCUT2D eigenvalue weighted by Crippen LogP contribution is 2.45. The largest absolute Gasteiger partial charge is 0.495 e. The Labute approximate surface area is 237 Å². The zero-order valence-electron chi connectivity index (χ0n) is 22.6. The first kappa shape index (κ1) is 25.7. The minimum atomic E-state index is -0.227. The molecule has 4 heterocycles. The molecule has 0 unspecified atom stereocenters. The summed E-state index contributed by atoms with van der Waals surface area (Å²) in [5.41, 5.74) is 6.47. The van der Waals surface area contributed by atoms with Gasteiger partial charge in [0.1, 0.15) is 5.75 Å². The van der Waals surface area contributed by atoms with Crippen molar-refractivity contribution in [2.45, 2.75) is 32.9 Å². The molecule has 1 saturated heterocycles. The first-order valence-corrected chi connectivity index (χ1v) is 13.3. The van der Waals surface area contributed by atoms with Crippen molar-refractivity contribution in [2.24, 2.45) is 0 Å². The van der Waals surface area contributed by atoms with Crippen LogP contribution in [0.25, 0.3) is 5.69 Å². The van der Waals surface area contributed by atoms with E-state index in [1.54, 1.807) is 13.3 Å². The maximum atomic E-state index is 11.9. The molecule has 0 radical (unpaired) electrons. The summed E-state index contributed by atoms with van der Waals surface area (Å²) in [5.74, 6) is 1.85. The quantitative estimate of drug-likeness (QED) is 0.307. The van der Waals surface area contributed by atoms with E-state index in [4.69, 9.17) is 26.4 Å². The van der Waals surface area contributed by atoms with Gasteiger partial charge in [0.2, 0.25) is 12.7 Å². The molecule has 1 amide bonds. The van der Waals surface area contributed by atoms with Gasteiger partial charge in [-0.3, -0.25) is 9.78 Å². The number of nitrogens with zero attached hydrogens (tertiary/aromatic N) is 3. The molecule has 0 bridgehead atoms. The third-order valence-corrected chi connectivity index (χ3v) is 7.59. The van der Waals surface area contributed by atoms with Crippen molar-refractivity contribution in [3.8, 4) is 22.9 Å². The van der Waals surface area contributed by atoms with Crippen molar-refractivity contribution in [1.29, 1.82) is 0 Å². The van der Waals surface area contributed by atoms with Crippen molar-refractivity contribution >= 4 is 34.6 Å². The molecule has 4 aromatic rings. The van der Waals surface area contributed by atoms with Crippen molar-refractivity contribution in [3.05, 3.63) is 89.5 Å². The van der Waals surface area contributed by atoms with Crippen LogP contribution in [0, 0.1) is 13.8 Å². The number of aryl methyl sites for hydroxylation is 1. The number of thiocarbonyl (C=S) groups is 1. The minimum Gasteiger partial charge on any atom is -0.495 e. The molecule has 2 aliphatic rings. The average Bonchev–Trinajstić information content (AvgIpc) is 3.63. The Morgan fingerprint density at radius 2 is 1.88 bits per heavy atom. The predicted molar refractivity (Wildman–Crippen MR) is 157 cm³/mol. The van der Waals surface area contributed by atoms with E-state index in [1.165, 1.54) is 6.92 Å². The summed E-state index contributed by atoms with van der Waals surface area (Å²) >= 11 is 5.93. The predicted octanol–water partition coefficient (Wildman–Crippen LogP) is 5.36. The molecule has 0 aliphatic carbocycles. The van der Waals surface area contributed by atoms with E-state index in [1.807, 2.05) is 54.6 Å². The Bertz CT molecular complexity index is 1620. The van der Waals surface area contributed by atoms with Crippen LogP contribution in [-0.4, -0.2) is 34.5 Å². The van der Waals surface area contributed by atoms with E-state index in [2.05, 4.69) is 45.0 Å². The van der Waals surface area contributed by atoms with E-state index in [9.17, 15) is 4.79 Å². The molecule has 2 aromatic heterocycles. The molecular weight excluding hydrogens is 526 g/mol. The number of benzene rings is 2. The Balaban J connectivity index is 1.49. The summed E-state index contributed by atoms with van der Waals surface area (Å²) in [4.78, 5) is 18.7. The molecular formula is C30H29N5O4S. The van der Waals surface area contributed by atoms with Gasteiger partial charge in [0.15, 0.2) is 16.6 Å². The van der Waals surface area contributed by atoms with Crippen molar-refractivity contribution in [3.63, 3.8) is 0 Å². The standard InChI is InChI=1S/C30H29N5O4S/c1-17-13-22(18(2)34(17)21-9-11-26-27(15-21)39-16-38-26)29-28(23-7-5-6-12-31-23)33-30(40)35(29)20-8-10-25(37-4)24(14-20)32-19(3)36/h5-15,28-29H,16H2,1-4H3,(H,32,36)(H,33,40)/t28-,29+/m1/s1. The van der Waals surface area contributed by atoms with E-state index in [-0.39, 0.29) is 24.8 Å². The van der Waals surface area contributed by atoms with Gasteiger partial charge in [-0.1, -0.05) is 6.07 Å². The molecule has 2 aliphatic heterocycles. The molecule has 0 spiro atoms. The van der Waals surface area contributed by atoms with Gasteiger partial charge >= 0.3 is 0 Å². The Hall–Kier alpha value is -4.57. The van der Waals surface area contributed by atoms with E-state index in [0.717, 1.165) is 45.5 Å². The number of hydrogen-bond acceptors (Lipinski definition) is 6. The van der Waals surface area contributed by atoms with E-state index in [0.29, 0.717) is 16.5 Å². The lowest BCUT2D eigenvalue weighted by atomic mass is 9.96. The number of nitrogens with one attached hydrogen (secondary N) is 2. The van der Waals surface area contributed by atoms with Gasteiger partial charge < -0.3 is 34.3 Å². The number of fused-ring (bicyclic) bond motifs is 1. The van der Waals surface area contributed by atoms with Gasteiger partial charge in [0, 0.05) is 41.9 Å². The van der Waals surface area contributed by atoms with Gasteiger partial charge in [0.05, 0.1) is 30.6 Å². The number of anilines is 2. The number of ether oxygens (including phenoxy) is 3. The number of pyridine rings is 1. The topological polar surface area (TPSA) is 89.9 Å². The van der Waals surface area contributed by atoms with Crippen LogP contribution in [0.4, 0.5) is 11.4 Å². The molecule has 10 heteroatoms. The first-order valence-electron chi connectivity index (χ1n) is 12.9. The zero-order chi connectivity index (χ0) is 28.0. The molecule has 2 atom stereocenters. The normalized spacial score (nSPS) is 17.6. The average molecular weight is 556 g/mol. The lowest BCUT2D eigenvalue weighted by Gasteiger charge is -2.29. The van der Waals surface area contributed by atoms with Crippen LogP contribution < -0.4 is 29.7 Å². The van der Waals surface area contributed by atoms with Crippen molar-refractivity contribution in [1.82, 2.24) is 14.9 Å². The molecule has 2 N–H and O–H groups in total. The molecule has 0 saturated carbocycles. The molecule has 2 aromatic carbocycles. The molecule has 1 fully saturated rings. The molecule has 204 valence electrons.